The van der Waals surface area contributed by atoms with E-state index in [-0.39, 0.29) is 0 Å². The van der Waals surface area contributed by atoms with Crippen molar-refractivity contribution < 1.29 is 13.2 Å². The van der Waals surface area contributed by atoms with Gasteiger partial charge in [0.2, 0.25) is 0 Å². The Morgan fingerprint density at radius 1 is 1.15 bits per heavy atom. The molecule has 0 radical (unpaired) electrons. The Kier molecular flexibility index (Phi) is 5.08. The van der Waals surface area contributed by atoms with E-state index < -0.39 is 11.7 Å². The van der Waals surface area contributed by atoms with E-state index in [4.69, 9.17) is 0 Å². The van der Waals surface area contributed by atoms with Crippen molar-refractivity contribution in [3.8, 4) is 0 Å². The lowest BCUT2D eigenvalue weighted by Gasteiger charge is -2.28. The van der Waals surface area contributed by atoms with Crippen molar-refractivity contribution in [2.45, 2.75) is 57.8 Å². The van der Waals surface area contributed by atoms with Crippen LogP contribution in [0.1, 0.15) is 50.2 Å². The lowest BCUT2D eigenvalue weighted by molar-refractivity contribution is -0.137. The number of hydrogen-bond donors (Lipinski definition) is 1. The molecule has 0 saturated heterocycles. The van der Waals surface area contributed by atoms with Gasteiger partial charge in [0.05, 0.1) is 5.56 Å². The highest BCUT2D eigenvalue weighted by Gasteiger charge is 2.30. The van der Waals surface area contributed by atoms with E-state index in [9.17, 15) is 13.2 Å². The van der Waals surface area contributed by atoms with Gasteiger partial charge in [0.15, 0.2) is 0 Å². The average molecular weight is 285 g/mol. The highest BCUT2D eigenvalue weighted by atomic mass is 19.4. The third kappa shape index (κ3) is 4.23. The van der Waals surface area contributed by atoms with Gasteiger partial charge in [-0.15, -0.1) is 0 Å². The molecule has 1 saturated carbocycles. The summed E-state index contributed by atoms with van der Waals surface area (Å²) in [6.45, 7) is 2.74. The van der Waals surface area contributed by atoms with E-state index in [1.807, 2.05) is 0 Å². The molecule has 1 aliphatic rings. The third-order valence-corrected chi connectivity index (χ3v) is 4.27. The van der Waals surface area contributed by atoms with Crippen LogP contribution in [0.5, 0.6) is 0 Å². The molecular weight excluding hydrogens is 263 g/mol. The molecule has 0 atom stereocenters. The molecule has 1 aliphatic carbocycles. The Morgan fingerprint density at radius 3 is 2.45 bits per heavy atom. The summed E-state index contributed by atoms with van der Waals surface area (Å²) in [5, 5.41) is 3.39. The first-order valence-corrected chi connectivity index (χ1v) is 7.38. The fourth-order valence-electron chi connectivity index (χ4n) is 2.89. The maximum atomic E-state index is 12.6. The standard InChI is InChI=1S/C16H22F3N/c1-2-12-6-8-15(9-7-12)20-11-13-4-3-5-14(10-13)16(17,18)19/h3-5,10,12,15,20H,2,6-9,11H2,1H3. The lowest BCUT2D eigenvalue weighted by atomic mass is 9.84. The summed E-state index contributed by atoms with van der Waals surface area (Å²) in [7, 11) is 0. The summed E-state index contributed by atoms with van der Waals surface area (Å²) in [4.78, 5) is 0. The zero-order valence-corrected chi connectivity index (χ0v) is 11.8. The zero-order valence-electron chi connectivity index (χ0n) is 11.8. The van der Waals surface area contributed by atoms with E-state index in [1.54, 1.807) is 6.07 Å². The van der Waals surface area contributed by atoms with Crippen LogP contribution in [0.25, 0.3) is 0 Å². The Labute approximate surface area is 118 Å². The van der Waals surface area contributed by atoms with Crippen molar-refractivity contribution in [1.82, 2.24) is 5.32 Å². The maximum absolute atomic E-state index is 12.6. The molecule has 1 aromatic carbocycles. The van der Waals surface area contributed by atoms with E-state index in [1.165, 1.54) is 31.4 Å². The topological polar surface area (TPSA) is 12.0 Å². The minimum atomic E-state index is -4.25. The maximum Gasteiger partial charge on any atom is 0.416 e. The van der Waals surface area contributed by atoms with E-state index in [0.29, 0.717) is 18.2 Å². The first-order chi connectivity index (χ1) is 9.49. The molecule has 0 bridgehead atoms. The van der Waals surface area contributed by atoms with Crippen LogP contribution in [0.3, 0.4) is 0 Å². The third-order valence-electron chi connectivity index (χ3n) is 4.27. The Balaban J connectivity index is 1.85. The summed E-state index contributed by atoms with van der Waals surface area (Å²) in [6.07, 6.45) is 1.72. The van der Waals surface area contributed by atoms with Gasteiger partial charge in [0.25, 0.3) is 0 Å². The molecule has 0 amide bonds. The largest absolute Gasteiger partial charge is 0.416 e. The Hall–Kier alpha value is -1.03. The minimum absolute atomic E-state index is 0.451. The fraction of sp³-hybridized carbons (Fsp3) is 0.625. The highest BCUT2D eigenvalue weighted by molar-refractivity contribution is 5.25. The van der Waals surface area contributed by atoms with Gasteiger partial charge in [-0.1, -0.05) is 31.5 Å². The molecule has 1 fully saturated rings. The molecular formula is C16H22F3N. The second kappa shape index (κ2) is 6.61. The van der Waals surface area contributed by atoms with Crippen LogP contribution in [-0.2, 0) is 12.7 Å². The number of rotatable bonds is 4. The van der Waals surface area contributed by atoms with Crippen molar-refractivity contribution >= 4 is 0 Å². The van der Waals surface area contributed by atoms with Crippen molar-refractivity contribution in [1.29, 1.82) is 0 Å². The van der Waals surface area contributed by atoms with Gasteiger partial charge < -0.3 is 5.32 Å². The summed E-state index contributed by atoms with van der Waals surface area (Å²) in [5.41, 5.74) is 0.143. The van der Waals surface area contributed by atoms with E-state index >= 15 is 0 Å². The minimum Gasteiger partial charge on any atom is -0.310 e. The van der Waals surface area contributed by atoms with Crippen LogP contribution >= 0.6 is 0 Å². The van der Waals surface area contributed by atoms with Gasteiger partial charge in [-0.05, 0) is 43.2 Å². The number of alkyl halides is 3. The molecule has 1 nitrogen and oxygen atoms in total. The van der Waals surface area contributed by atoms with Crippen LogP contribution in [0, 0.1) is 5.92 Å². The van der Waals surface area contributed by atoms with Crippen molar-refractivity contribution in [2.24, 2.45) is 5.92 Å². The predicted octanol–water partition coefficient (Wildman–Crippen LogP) is 4.76. The molecule has 0 spiro atoms. The molecule has 0 aliphatic heterocycles. The molecule has 0 unspecified atom stereocenters. The van der Waals surface area contributed by atoms with Gasteiger partial charge in [0.1, 0.15) is 0 Å². The molecule has 1 N–H and O–H groups in total. The number of halogens is 3. The molecule has 0 heterocycles. The van der Waals surface area contributed by atoms with Crippen molar-refractivity contribution in [2.75, 3.05) is 0 Å². The van der Waals surface area contributed by atoms with Crippen LogP contribution < -0.4 is 5.32 Å². The predicted molar refractivity (Wildman–Crippen MR) is 74.3 cm³/mol. The molecule has 20 heavy (non-hydrogen) atoms. The molecule has 1 aromatic rings. The summed E-state index contributed by atoms with van der Waals surface area (Å²) in [6, 6.07) is 6.04. The van der Waals surface area contributed by atoms with Crippen molar-refractivity contribution in [3.63, 3.8) is 0 Å². The van der Waals surface area contributed by atoms with Gasteiger partial charge >= 0.3 is 6.18 Å². The fourth-order valence-corrected chi connectivity index (χ4v) is 2.89. The molecule has 4 heteroatoms. The van der Waals surface area contributed by atoms with Gasteiger partial charge in [-0.25, -0.2) is 0 Å². The molecule has 0 aromatic heterocycles. The highest BCUT2D eigenvalue weighted by Crippen LogP contribution is 2.30. The summed E-state index contributed by atoms with van der Waals surface area (Å²) in [5.74, 6) is 0.835. The van der Waals surface area contributed by atoms with Gasteiger partial charge in [-0.3, -0.25) is 0 Å². The quantitative estimate of drug-likeness (QED) is 0.840. The second-order valence-corrected chi connectivity index (χ2v) is 5.70. The second-order valence-electron chi connectivity index (χ2n) is 5.70. The summed E-state index contributed by atoms with van der Waals surface area (Å²) < 4.78 is 37.9. The lowest BCUT2D eigenvalue weighted by Crippen LogP contribution is -2.32. The van der Waals surface area contributed by atoms with Crippen LogP contribution in [0.2, 0.25) is 0 Å². The number of hydrogen-bond acceptors (Lipinski definition) is 1. The Morgan fingerprint density at radius 2 is 1.85 bits per heavy atom. The molecule has 112 valence electrons. The van der Waals surface area contributed by atoms with Crippen molar-refractivity contribution in [3.05, 3.63) is 35.4 Å². The van der Waals surface area contributed by atoms with E-state index in [2.05, 4.69) is 12.2 Å². The normalized spacial score (nSPS) is 23.8. The molecule has 2 rings (SSSR count). The van der Waals surface area contributed by atoms with E-state index in [0.717, 1.165) is 24.8 Å². The first kappa shape index (κ1) is 15.4. The first-order valence-electron chi connectivity index (χ1n) is 7.38. The van der Waals surface area contributed by atoms with Crippen LogP contribution in [0.15, 0.2) is 24.3 Å². The number of nitrogens with one attached hydrogen (secondary N) is 1. The van der Waals surface area contributed by atoms with Crippen LogP contribution in [0.4, 0.5) is 13.2 Å². The summed E-state index contributed by atoms with van der Waals surface area (Å²) >= 11 is 0. The van der Waals surface area contributed by atoms with Crippen LogP contribution in [-0.4, -0.2) is 6.04 Å². The average Bonchev–Trinajstić information content (AvgIpc) is 2.45. The monoisotopic (exact) mass is 285 g/mol. The van der Waals surface area contributed by atoms with Gasteiger partial charge in [-0.2, -0.15) is 13.2 Å². The Bertz CT molecular complexity index is 420. The number of benzene rings is 1. The zero-order chi connectivity index (χ0) is 14.6. The van der Waals surface area contributed by atoms with Gasteiger partial charge in [0, 0.05) is 12.6 Å². The smallest absolute Gasteiger partial charge is 0.310 e. The SMILES string of the molecule is CCC1CCC(NCc2cccc(C(F)(F)F)c2)CC1.